The molecule has 4 nitrogen and oxygen atoms in total. The zero-order valence-electron chi connectivity index (χ0n) is 11.7. The highest BCUT2D eigenvalue weighted by Gasteiger charge is 2.34. The van der Waals surface area contributed by atoms with Gasteiger partial charge in [0.2, 0.25) is 5.91 Å². The molecule has 0 aliphatic carbocycles. The molecule has 2 heterocycles. The lowest BCUT2D eigenvalue weighted by Crippen LogP contribution is -2.52. The van der Waals surface area contributed by atoms with Gasteiger partial charge >= 0.3 is 0 Å². The van der Waals surface area contributed by atoms with Crippen molar-refractivity contribution in [2.45, 2.75) is 44.2 Å². The van der Waals surface area contributed by atoms with Crippen LogP contribution in [0.1, 0.15) is 31.2 Å². The quantitative estimate of drug-likeness (QED) is 0.864. The number of amides is 1. The summed E-state index contributed by atoms with van der Waals surface area (Å²) in [5.74, 6) is 0.0790. The lowest BCUT2D eigenvalue weighted by Gasteiger charge is -2.39. The smallest absolute Gasteiger partial charge is 0.241 e. The number of hydrogen-bond acceptors (Lipinski definition) is 3. The molecule has 2 atom stereocenters. The molecule has 108 valence electrons. The number of aliphatic hydroxyl groups excluding tert-OH is 1. The van der Waals surface area contributed by atoms with Crippen molar-refractivity contribution in [3.63, 3.8) is 0 Å². The van der Waals surface area contributed by atoms with Gasteiger partial charge in [0.15, 0.2) is 0 Å². The number of rotatable bonds is 2. The van der Waals surface area contributed by atoms with Crippen LogP contribution < -0.4 is 5.32 Å². The fraction of sp³-hybridized carbons (Fsp3) is 0.562. The van der Waals surface area contributed by atoms with Crippen molar-refractivity contribution in [3.8, 4) is 0 Å². The van der Waals surface area contributed by atoms with Crippen LogP contribution >= 0.6 is 0 Å². The van der Waals surface area contributed by atoms with Crippen LogP contribution in [0.25, 0.3) is 0 Å². The standard InChI is InChI=1S/C16H22N2O2/c19-11-13-6-3-4-10-18(13)15-9-8-12-5-1-2-7-14(12)17-16(15)20/h1-2,5,7,13,15,19H,3-4,6,8-11H2,(H,17,20). The Bertz CT molecular complexity index is 489. The van der Waals surface area contributed by atoms with Gasteiger partial charge in [-0.25, -0.2) is 0 Å². The molecule has 1 aromatic carbocycles. The molecule has 2 unspecified atom stereocenters. The zero-order valence-corrected chi connectivity index (χ0v) is 11.7. The number of likely N-dealkylation sites (tertiary alicyclic amines) is 1. The number of hydrogen-bond donors (Lipinski definition) is 2. The van der Waals surface area contributed by atoms with Gasteiger partial charge in [-0.1, -0.05) is 24.6 Å². The van der Waals surface area contributed by atoms with Gasteiger partial charge in [0.1, 0.15) is 0 Å². The molecular weight excluding hydrogens is 252 g/mol. The number of anilines is 1. The lowest BCUT2D eigenvalue weighted by atomic mass is 9.97. The number of benzene rings is 1. The summed E-state index contributed by atoms with van der Waals surface area (Å²) in [4.78, 5) is 14.7. The molecule has 1 amide bonds. The molecule has 1 saturated heterocycles. The largest absolute Gasteiger partial charge is 0.395 e. The van der Waals surface area contributed by atoms with Gasteiger partial charge in [0.25, 0.3) is 0 Å². The molecule has 20 heavy (non-hydrogen) atoms. The van der Waals surface area contributed by atoms with Crippen LogP contribution in [0.15, 0.2) is 24.3 Å². The second-order valence-electron chi connectivity index (χ2n) is 5.77. The molecule has 0 saturated carbocycles. The van der Waals surface area contributed by atoms with Crippen LogP contribution in [0.4, 0.5) is 5.69 Å². The van der Waals surface area contributed by atoms with Gasteiger partial charge in [0.05, 0.1) is 12.6 Å². The minimum absolute atomic E-state index is 0.0790. The Kier molecular flexibility index (Phi) is 4.03. The van der Waals surface area contributed by atoms with E-state index in [1.165, 1.54) is 5.56 Å². The first kappa shape index (κ1) is 13.6. The maximum atomic E-state index is 12.5. The summed E-state index contributed by atoms with van der Waals surface area (Å²) in [5.41, 5.74) is 2.15. The van der Waals surface area contributed by atoms with Crippen LogP contribution in [0.3, 0.4) is 0 Å². The summed E-state index contributed by atoms with van der Waals surface area (Å²) in [6.45, 7) is 1.07. The first-order valence-corrected chi connectivity index (χ1v) is 7.55. The molecule has 0 aromatic heterocycles. The topological polar surface area (TPSA) is 52.6 Å². The summed E-state index contributed by atoms with van der Waals surface area (Å²) >= 11 is 0. The Morgan fingerprint density at radius 1 is 1.25 bits per heavy atom. The summed E-state index contributed by atoms with van der Waals surface area (Å²) < 4.78 is 0. The number of nitrogens with zero attached hydrogens (tertiary/aromatic N) is 1. The summed E-state index contributed by atoms with van der Waals surface area (Å²) in [7, 11) is 0. The molecule has 0 bridgehead atoms. The van der Waals surface area contributed by atoms with Gasteiger partial charge in [-0.2, -0.15) is 0 Å². The number of piperidine rings is 1. The Hall–Kier alpha value is -1.39. The molecule has 0 spiro atoms. The van der Waals surface area contributed by atoms with Crippen molar-refractivity contribution < 1.29 is 9.90 Å². The van der Waals surface area contributed by atoms with E-state index in [0.717, 1.165) is 44.3 Å². The SMILES string of the molecule is O=C1Nc2ccccc2CCC1N1CCCCC1CO. The maximum Gasteiger partial charge on any atom is 0.241 e. The minimum atomic E-state index is -0.111. The summed E-state index contributed by atoms with van der Waals surface area (Å²) in [6, 6.07) is 8.05. The Balaban J connectivity index is 1.80. The number of carbonyl (C=O) groups is 1. The number of carbonyl (C=O) groups excluding carboxylic acids is 1. The number of nitrogens with one attached hydrogen (secondary N) is 1. The van der Waals surface area contributed by atoms with Gasteiger partial charge < -0.3 is 10.4 Å². The average Bonchev–Trinajstić information content (AvgIpc) is 2.65. The van der Waals surface area contributed by atoms with Crippen molar-refractivity contribution in [1.82, 2.24) is 4.90 Å². The third-order valence-electron chi connectivity index (χ3n) is 4.55. The normalized spacial score (nSPS) is 27.6. The fourth-order valence-corrected chi connectivity index (χ4v) is 3.45. The third kappa shape index (κ3) is 2.58. The molecule has 0 radical (unpaired) electrons. The van der Waals surface area contributed by atoms with E-state index in [9.17, 15) is 9.90 Å². The van der Waals surface area contributed by atoms with E-state index in [2.05, 4.69) is 16.3 Å². The van der Waals surface area contributed by atoms with Crippen molar-refractivity contribution in [2.75, 3.05) is 18.5 Å². The Morgan fingerprint density at radius 3 is 2.95 bits per heavy atom. The molecule has 2 aliphatic rings. The van der Waals surface area contributed by atoms with Crippen LogP contribution in [-0.4, -0.2) is 41.1 Å². The van der Waals surface area contributed by atoms with Crippen molar-refractivity contribution >= 4 is 11.6 Å². The Labute approximate surface area is 119 Å². The molecular formula is C16H22N2O2. The maximum absolute atomic E-state index is 12.5. The number of fused-ring (bicyclic) bond motifs is 1. The second kappa shape index (κ2) is 5.94. The zero-order chi connectivity index (χ0) is 13.9. The van der Waals surface area contributed by atoms with E-state index in [-0.39, 0.29) is 24.6 Å². The van der Waals surface area contributed by atoms with E-state index >= 15 is 0 Å². The highest BCUT2D eigenvalue weighted by molar-refractivity contribution is 5.96. The van der Waals surface area contributed by atoms with Crippen LogP contribution in [-0.2, 0) is 11.2 Å². The monoisotopic (exact) mass is 274 g/mol. The van der Waals surface area contributed by atoms with E-state index in [1.54, 1.807) is 0 Å². The van der Waals surface area contributed by atoms with E-state index in [4.69, 9.17) is 0 Å². The number of aliphatic hydroxyl groups is 1. The van der Waals surface area contributed by atoms with Crippen LogP contribution in [0, 0.1) is 0 Å². The predicted octanol–water partition coefficient (Wildman–Crippen LogP) is 1.79. The highest BCUT2D eigenvalue weighted by Crippen LogP contribution is 2.27. The predicted molar refractivity (Wildman–Crippen MR) is 78.6 cm³/mol. The average molecular weight is 274 g/mol. The second-order valence-corrected chi connectivity index (χ2v) is 5.77. The highest BCUT2D eigenvalue weighted by atomic mass is 16.3. The van der Waals surface area contributed by atoms with Crippen molar-refractivity contribution in [3.05, 3.63) is 29.8 Å². The Morgan fingerprint density at radius 2 is 2.10 bits per heavy atom. The molecule has 3 rings (SSSR count). The first-order chi connectivity index (χ1) is 9.79. The van der Waals surface area contributed by atoms with Gasteiger partial charge in [-0.3, -0.25) is 9.69 Å². The summed E-state index contributed by atoms with van der Waals surface area (Å²) in [6.07, 6.45) is 5.00. The third-order valence-corrected chi connectivity index (χ3v) is 4.55. The lowest BCUT2D eigenvalue weighted by molar-refractivity contribution is -0.123. The van der Waals surface area contributed by atoms with E-state index in [1.807, 2.05) is 18.2 Å². The van der Waals surface area contributed by atoms with Crippen molar-refractivity contribution in [1.29, 1.82) is 0 Å². The molecule has 2 N–H and O–H groups in total. The van der Waals surface area contributed by atoms with Gasteiger partial charge in [0, 0.05) is 11.7 Å². The first-order valence-electron chi connectivity index (χ1n) is 7.55. The molecule has 4 heteroatoms. The number of para-hydroxylation sites is 1. The van der Waals surface area contributed by atoms with Gasteiger partial charge in [-0.15, -0.1) is 0 Å². The number of aryl methyl sites for hydroxylation is 1. The molecule has 1 fully saturated rings. The van der Waals surface area contributed by atoms with Crippen LogP contribution in [0.2, 0.25) is 0 Å². The minimum Gasteiger partial charge on any atom is -0.395 e. The van der Waals surface area contributed by atoms with Gasteiger partial charge in [-0.05, 0) is 43.9 Å². The molecule has 2 aliphatic heterocycles. The fourth-order valence-electron chi connectivity index (χ4n) is 3.45. The van der Waals surface area contributed by atoms with Crippen molar-refractivity contribution in [2.24, 2.45) is 0 Å². The van der Waals surface area contributed by atoms with E-state index < -0.39 is 0 Å². The molecule has 1 aromatic rings. The van der Waals surface area contributed by atoms with Crippen LogP contribution in [0.5, 0.6) is 0 Å². The summed E-state index contributed by atoms with van der Waals surface area (Å²) in [5, 5.41) is 12.6. The van der Waals surface area contributed by atoms with E-state index in [0.29, 0.717) is 0 Å².